The van der Waals surface area contributed by atoms with E-state index in [1.165, 1.54) is 32.1 Å². The van der Waals surface area contributed by atoms with E-state index in [2.05, 4.69) is 55.4 Å². The normalized spacial score (nSPS) is 29.2. The van der Waals surface area contributed by atoms with E-state index in [1.54, 1.807) is 6.33 Å². The minimum atomic E-state index is 0.511. The standard InChI is InChI=1S/C15H24BrN5/c1-3-17-14-13(16)15(19-9-18-14)20-10-7-11-5-4-6-12(8-10)21(11)2/h9-12H,3-8H2,1-2H3,(H2,17,18,19,20). The van der Waals surface area contributed by atoms with Gasteiger partial charge in [0.15, 0.2) is 0 Å². The van der Waals surface area contributed by atoms with Crippen molar-refractivity contribution in [3.8, 4) is 0 Å². The second-order valence-corrected chi connectivity index (χ2v) is 6.92. The van der Waals surface area contributed by atoms with Crippen LogP contribution in [0, 0.1) is 0 Å². The van der Waals surface area contributed by atoms with Crippen molar-refractivity contribution in [1.29, 1.82) is 0 Å². The van der Waals surface area contributed by atoms with Gasteiger partial charge in [0.05, 0.1) is 0 Å². The number of hydrogen-bond donors (Lipinski definition) is 2. The lowest BCUT2D eigenvalue weighted by Gasteiger charge is -2.47. The summed E-state index contributed by atoms with van der Waals surface area (Å²) in [5.41, 5.74) is 0. The number of rotatable bonds is 4. The first kappa shape index (κ1) is 15.0. The van der Waals surface area contributed by atoms with Gasteiger partial charge >= 0.3 is 0 Å². The molecular weight excluding hydrogens is 330 g/mol. The van der Waals surface area contributed by atoms with Crippen molar-refractivity contribution >= 4 is 27.6 Å². The van der Waals surface area contributed by atoms with Gasteiger partial charge in [-0.2, -0.15) is 0 Å². The van der Waals surface area contributed by atoms with E-state index >= 15 is 0 Å². The van der Waals surface area contributed by atoms with Gasteiger partial charge in [0, 0.05) is 24.7 Å². The Labute approximate surface area is 135 Å². The van der Waals surface area contributed by atoms with Crippen LogP contribution in [0.25, 0.3) is 0 Å². The summed E-state index contributed by atoms with van der Waals surface area (Å²) < 4.78 is 0.941. The minimum Gasteiger partial charge on any atom is -0.369 e. The average molecular weight is 354 g/mol. The SMILES string of the molecule is CCNc1ncnc(NC2CC3CCCC(C2)N3C)c1Br. The van der Waals surface area contributed by atoms with Crippen LogP contribution in [0.15, 0.2) is 10.8 Å². The third kappa shape index (κ3) is 3.16. The van der Waals surface area contributed by atoms with Crippen molar-refractivity contribution in [2.45, 2.75) is 57.2 Å². The number of nitrogens with zero attached hydrogens (tertiary/aromatic N) is 3. The summed E-state index contributed by atoms with van der Waals surface area (Å²) in [6.07, 6.45) is 8.09. The molecule has 0 aliphatic carbocycles. The summed E-state index contributed by atoms with van der Waals surface area (Å²) in [6, 6.07) is 1.96. The molecule has 5 nitrogen and oxygen atoms in total. The van der Waals surface area contributed by atoms with Gasteiger partial charge in [-0.3, -0.25) is 0 Å². The number of anilines is 2. The molecule has 2 unspecified atom stereocenters. The molecule has 2 bridgehead atoms. The first-order valence-electron chi connectivity index (χ1n) is 7.92. The Hall–Kier alpha value is -0.880. The monoisotopic (exact) mass is 353 g/mol. The fourth-order valence-electron chi connectivity index (χ4n) is 3.69. The summed E-state index contributed by atoms with van der Waals surface area (Å²) >= 11 is 3.62. The largest absolute Gasteiger partial charge is 0.369 e. The van der Waals surface area contributed by atoms with Gasteiger partial charge in [-0.25, -0.2) is 9.97 Å². The Bertz CT molecular complexity index is 481. The highest BCUT2D eigenvalue weighted by atomic mass is 79.9. The Morgan fingerprint density at radius 3 is 2.57 bits per heavy atom. The molecule has 0 amide bonds. The zero-order chi connectivity index (χ0) is 14.8. The maximum absolute atomic E-state index is 4.41. The molecule has 1 aromatic heterocycles. The molecule has 2 aliphatic heterocycles. The predicted molar refractivity (Wildman–Crippen MR) is 89.7 cm³/mol. The van der Waals surface area contributed by atoms with Crippen molar-refractivity contribution in [3.05, 3.63) is 10.8 Å². The van der Waals surface area contributed by atoms with E-state index in [4.69, 9.17) is 0 Å². The summed E-state index contributed by atoms with van der Waals surface area (Å²) in [7, 11) is 2.29. The van der Waals surface area contributed by atoms with E-state index in [-0.39, 0.29) is 0 Å². The number of hydrogen-bond acceptors (Lipinski definition) is 5. The lowest BCUT2D eigenvalue weighted by Crippen LogP contribution is -2.52. The molecule has 0 saturated carbocycles. The van der Waals surface area contributed by atoms with E-state index in [0.717, 1.165) is 34.7 Å². The van der Waals surface area contributed by atoms with Crippen molar-refractivity contribution in [2.24, 2.45) is 0 Å². The smallest absolute Gasteiger partial charge is 0.146 e. The van der Waals surface area contributed by atoms with Gasteiger partial charge in [0.25, 0.3) is 0 Å². The molecular formula is C15H24BrN5. The molecule has 21 heavy (non-hydrogen) atoms. The van der Waals surface area contributed by atoms with Crippen molar-refractivity contribution in [2.75, 3.05) is 24.2 Å². The lowest BCUT2D eigenvalue weighted by molar-refractivity contribution is 0.0608. The predicted octanol–water partition coefficient (Wildman–Crippen LogP) is 3.10. The third-order valence-corrected chi connectivity index (χ3v) is 5.57. The zero-order valence-corrected chi connectivity index (χ0v) is 14.4. The molecule has 1 aromatic rings. The molecule has 2 fully saturated rings. The van der Waals surface area contributed by atoms with Gasteiger partial charge < -0.3 is 15.5 Å². The van der Waals surface area contributed by atoms with E-state index in [1.807, 2.05) is 0 Å². The van der Waals surface area contributed by atoms with E-state index < -0.39 is 0 Å². The Morgan fingerprint density at radius 2 is 1.90 bits per heavy atom. The highest BCUT2D eigenvalue weighted by Gasteiger charge is 2.36. The lowest BCUT2D eigenvalue weighted by atomic mass is 9.82. The van der Waals surface area contributed by atoms with Gasteiger partial charge in [0.2, 0.25) is 0 Å². The maximum Gasteiger partial charge on any atom is 0.146 e. The quantitative estimate of drug-likeness (QED) is 0.870. The van der Waals surface area contributed by atoms with Gasteiger partial charge in [-0.05, 0) is 55.6 Å². The summed E-state index contributed by atoms with van der Waals surface area (Å²) in [6.45, 7) is 2.92. The Balaban J connectivity index is 1.71. The van der Waals surface area contributed by atoms with Crippen molar-refractivity contribution < 1.29 is 0 Å². The molecule has 3 heterocycles. The fourth-order valence-corrected chi connectivity index (χ4v) is 4.15. The first-order chi connectivity index (χ1) is 10.2. The van der Waals surface area contributed by atoms with Crippen LogP contribution in [0.1, 0.15) is 39.0 Å². The van der Waals surface area contributed by atoms with Crippen LogP contribution in [0.2, 0.25) is 0 Å². The molecule has 2 aliphatic rings. The van der Waals surface area contributed by atoms with Crippen molar-refractivity contribution in [1.82, 2.24) is 14.9 Å². The molecule has 2 atom stereocenters. The number of fused-ring (bicyclic) bond motifs is 2. The number of halogens is 1. The highest BCUT2D eigenvalue weighted by Crippen LogP contribution is 2.35. The van der Waals surface area contributed by atoms with Gasteiger partial charge in [-0.1, -0.05) is 6.42 Å². The summed E-state index contributed by atoms with van der Waals surface area (Å²) in [5, 5.41) is 6.89. The van der Waals surface area contributed by atoms with Crippen LogP contribution in [-0.4, -0.2) is 46.6 Å². The van der Waals surface area contributed by atoms with Crippen molar-refractivity contribution in [3.63, 3.8) is 0 Å². The van der Waals surface area contributed by atoms with Crippen LogP contribution >= 0.6 is 15.9 Å². The van der Waals surface area contributed by atoms with E-state index in [0.29, 0.717) is 6.04 Å². The fraction of sp³-hybridized carbons (Fsp3) is 0.733. The van der Waals surface area contributed by atoms with Crippen LogP contribution in [-0.2, 0) is 0 Å². The minimum absolute atomic E-state index is 0.511. The van der Waals surface area contributed by atoms with Gasteiger partial charge in [0.1, 0.15) is 22.4 Å². The molecule has 2 N–H and O–H groups in total. The third-order valence-electron chi connectivity index (χ3n) is 4.81. The van der Waals surface area contributed by atoms with Crippen LogP contribution in [0.5, 0.6) is 0 Å². The molecule has 3 rings (SSSR count). The second-order valence-electron chi connectivity index (χ2n) is 6.13. The van der Waals surface area contributed by atoms with Crippen LogP contribution in [0.3, 0.4) is 0 Å². The molecule has 2 saturated heterocycles. The summed E-state index contributed by atoms with van der Waals surface area (Å²) in [5.74, 6) is 1.77. The van der Waals surface area contributed by atoms with Crippen LogP contribution in [0.4, 0.5) is 11.6 Å². The molecule has 116 valence electrons. The van der Waals surface area contributed by atoms with Gasteiger partial charge in [-0.15, -0.1) is 0 Å². The second kappa shape index (κ2) is 6.48. The highest BCUT2D eigenvalue weighted by molar-refractivity contribution is 9.10. The summed E-state index contributed by atoms with van der Waals surface area (Å²) in [4.78, 5) is 11.3. The number of piperidine rings is 2. The zero-order valence-electron chi connectivity index (χ0n) is 12.8. The Kier molecular flexibility index (Phi) is 4.64. The van der Waals surface area contributed by atoms with E-state index in [9.17, 15) is 0 Å². The maximum atomic E-state index is 4.41. The topological polar surface area (TPSA) is 53.1 Å². The molecule has 0 spiro atoms. The Morgan fingerprint density at radius 1 is 1.24 bits per heavy atom. The molecule has 0 aromatic carbocycles. The number of nitrogens with one attached hydrogen (secondary N) is 2. The molecule has 0 radical (unpaired) electrons. The van der Waals surface area contributed by atoms with Crippen LogP contribution < -0.4 is 10.6 Å². The average Bonchev–Trinajstić information content (AvgIpc) is 2.44. The number of aromatic nitrogens is 2. The molecule has 6 heteroatoms. The first-order valence-corrected chi connectivity index (χ1v) is 8.71.